The second-order valence-corrected chi connectivity index (χ2v) is 7.28. The van der Waals surface area contributed by atoms with E-state index in [1.165, 1.54) is 30.2 Å². The number of hydrogen-bond donors (Lipinski definition) is 0. The molecule has 128 valence electrons. The molecule has 3 fully saturated rings. The summed E-state index contributed by atoms with van der Waals surface area (Å²) in [5.41, 5.74) is 0.158. The van der Waals surface area contributed by atoms with Crippen LogP contribution in [-0.4, -0.2) is 23.8 Å². The number of anilines is 1. The highest BCUT2D eigenvalue weighted by atomic mass is 16.6. The van der Waals surface area contributed by atoms with Crippen molar-refractivity contribution in [3.8, 4) is 5.75 Å². The van der Waals surface area contributed by atoms with Gasteiger partial charge in [-0.25, -0.2) is 4.90 Å². The summed E-state index contributed by atoms with van der Waals surface area (Å²) in [5, 5.41) is 11.0. The van der Waals surface area contributed by atoms with Crippen LogP contribution in [0.5, 0.6) is 5.75 Å². The molecule has 0 unspecified atom stereocenters. The first-order chi connectivity index (χ1) is 12.0. The van der Waals surface area contributed by atoms with E-state index in [9.17, 15) is 19.7 Å². The third-order valence-corrected chi connectivity index (χ3v) is 6.28. The Hall–Kier alpha value is -2.70. The zero-order valence-corrected chi connectivity index (χ0v) is 13.5. The Morgan fingerprint density at radius 1 is 1.12 bits per heavy atom. The topological polar surface area (TPSA) is 89.8 Å². The highest BCUT2D eigenvalue weighted by molar-refractivity contribution is 6.23. The summed E-state index contributed by atoms with van der Waals surface area (Å²) in [6, 6.07) is 3.98. The molecule has 2 saturated carbocycles. The third kappa shape index (κ3) is 1.75. The average molecular weight is 340 g/mol. The van der Waals surface area contributed by atoms with Crippen LogP contribution < -0.4 is 9.64 Å². The third-order valence-electron chi connectivity index (χ3n) is 6.28. The van der Waals surface area contributed by atoms with E-state index in [2.05, 4.69) is 12.2 Å². The van der Waals surface area contributed by atoms with Gasteiger partial charge in [0.1, 0.15) is 5.75 Å². The number of amides is 2. The monoisotopic (exact) mass is 340 g/mol. The maximum atomic E-state index is 13.1. The maximum Gasteiger partial charge on any atom is 0.273 e. The summed E-state index contributed by atoms with van der Waals surface area (Å²) >= 11 is 0. The number of benzene rings is 1. The first kappa shape index (κ1) is 14.6. The Morgan fingerprint density at radius 3 is 2.24 bits per heavy atom. The fourth-order valence-electron chi connectivity index (χ4n) is 5.16. The van der Waals surface area contributed by atoms with Crippen LogP contribution in [0.25, 0.3) is 0 Å². The van der Waals surface area contributed by atoms with Gasteiger partial charge >= 0.3 is 0 Å². The van der Waals surface area contributed by atoms with Gasteiger partial charge in [-0.05, 0) is 36.2 Å². The van der Waals surface area contributed by atoms with E-state index in [4.69, 9.17) is 4.74 Å². The molecule has 2 amide bonds. The quantitative estimate of drug-likeness (QED) is 0.364. The first-order valence-corrected chi connectivity index (χ1v) is 8.41. The number of hydrogen-bond acceptors (Lipinski definition) is 5. The summed E-state index contributed by atoms with van der Waals surface area (Å²) in [4.78, 5) is 37.8. The summed E-state index contributed by atoms with van der Waals surface area (Å²) in [6.07, 6.45) is 5.33. The Bertz CT molecular complexity index is 827. The van der Waals surface area contributed by atoms with Crippen LogP contribution in [0.1, 0.15) is 6.42 Å². The Morgan fingerprint density at radius 2 is 1.72 bits per heavy atom. The van der Waals surface area contributed by atoms with Crippen molar-refractivity contribution in [3.63, 3.8) is 0 Å². The first-order valence-electron chi connectivity index (χ1n) is 8.41. The van der Waals surface area contributed by atoms with E-state index < -0.39 is 4.92 Å². The van der Waals surface area contributed by atoms with Gasteiger partial charge in [0.2, 0.25) is 11.8 Å². The molecule has 0 N–H and O–H groups in total. The highest BCUT2D eigenvalue weighted by Gasteiger charge is 2.67. The van der Waals surface area contributed by atoms with E-state index in [1.54, 1.807) is 0 Å². The number of imide groups is 1. The normalized spacial score (nSPS) is 37.1. The standard InChI is InChI=1S/C18H16N2O5/c1-25-14-6-8(20(23)24)2-5-13(14)19-17(21)15-9-3-4-10(12-7-11(9)12)16(15)18(19)22/h2-6,9-12,15-16H,7H2,1H3/t9-,10-,11-,12+,15-,16+/m1/s1. The van der Waals surface area contributed by atoms with Gasteiger partial charge in [-0.1, -0.05) is 12.2 Å². The lowest BCUT2D eigenvalue weighted by Gasteiger charge is -2.37. The number of non-ortho nitro benzene ring substituents is 1. The van der Waals surface area contributed by atoms with Crippen molar-refractivity contribution in [2.75, 3.05) is 12.0 Å². The molecule has 4 aliphatic carbocycles. The molecule has 1 aromatic rings. The second kappa shape index (κ2) is 4.68. The van der Waals surface area contributed by atoms with E-state index in [0.717, 1.165) is 6.42 Å². The van der Waals surface area contributed by atoms with Gasteiger partial charge in [0, 0.05) is 6.07 Å². The number of nitrogens with zero attached hydrogens (tertiary/aromatic N) is 2. The molecule has 0 spiro atoms. The van der Waals surface area contributed by atoms with Crippen LogP contribution in [0.15, 0.2) is 30.4 Å². The molecule has 1 aliphatic heterocycles. The molecule has 7 nitrogen and oxygen atoms in total. The average Bonchev–Trinajstić information content (AvgIpc) is 3.39. The molecule has 7 heteroatoms. The molecule has 25 heavy (non-hydrogen) atoms. The molecule has 1 saturated heterocycles. The Kier molecular flexibility index (Phi) is 2.74. The van der Waals surface area contributed by atoms with Crippen molar-refractivity contribution in [2.45, 2.75) is 6.42 Å². The Balaban J connectivity index is 1.57. The number of allylic oxidation sites excluding steroid dienone is 2. The second-order valence-electron chi connectivity index (χ2n) is 7.28. The van der Waals surface area contributed by atoms with Gasteiger partial charge in [0.05, 0.1) is 35.6 Å². The lowest BCUT2D eigenvalue weighted by atomic mass is 9.63. The van der Waals surface area contributed by atoms with E-state index >= 15 is 0 Å². The van der Waals surface area contributed by atoms with E-state index in [1.807, 2.05) is 0 Å². The minimum absolute atomic E-state index is 0.139. The number of carbonyl (C=O) groups is 2. The summed E-state index contributed by atoms with van der Waals surface area (Å²) in [7, 11) is 1.38. The minimum Gasteiger partial charge on any atom is -0.494 e. The molecular weight excluding hydrogens is 324 g/mol. The molecule has 0 aromatic heterocycles. The molecule has 5 aliphatic rings. The number of methoxy groups -OCH3 is 1. The van der Waals surface area contributed by atoms with E-state index in [-0.39, 0.29) is 46.9 Å². The van der Waals surface area contributed by atoms with Crippen LogP contribution in [0.2, 0.25) is 0 Å². The number of nitro benzene ring substituents is 1. The van der Waals surface area contributed by atoms with Gasteiger partial charge in [-0.15, -0.1) is 0 Å². The van der Waals surface area contributed by atoms with Gasteiger partial charge in [-0.2, -0.15) is 0 Å². The molecule has 6 atom stereocenters. The molecule has 1 heterocycles. The van der Waals surface area contributed by atoms with Gasteiger partial charge in [0.15, 0.2) is 0 Å². The zero-order valence-electron chi connectivity index (χ0n) is 13.5. The fraction of sp³-hybridized carbons (Fsp3) is 0.444. The van der Waals surface area contributed by atoms with Crippen LogP contribution in [0.3, 0.4) is 0 Å². The van der Waals surface area contributed by atoms with Gasteiger partial charge in [0.25, 0.3) is 5.69 Å². The highest BCUT2D eigenvalue weighted by Crippen LogP contribution is 2.65. The van der Waals surface area contributed by atoms with Crippen molar-refractivity contribution in [1.82, 2.24) is 0 Å². The van der Waals surface area contributed by atoms with Crippen LogP contribution >= 0.6 is 0 Å². The van der Waals surface area contributed by atoms with Crippen molar-refractivity contribution in [2.24, 2.45) is 35.5 Å². The lowest BCUT2D eigenvalue weighted by molar-refractivity contribution is -0.384. The number of carbonyl (C=O) groups excluding carboxylic acids is 2. The van der Waals surface area contributed by atoms with Crippen LogP contribution in [0.4, 0.5) is 11.4 Å². The summed E-state index contributed by atoms with van der Waals surface area (Å²) < 4.78 is 5.23. The summed E-state index contributed by atoms with van der Waals surface area (Å²) in [6.45, 7) is 0. The fourth-order valence-corrected chi connectivity index (χ4v) is 5.16. The van der Waals surface area contributed by atoms with Crippen LogP contribution in [0, 0.1) is 45.6 Å². The predicted octanol–water partition coefficient (Wildman–Crippen LogP) is 2.16. The predicted molar refractivity (Wildman–Crippen MR) is 86.8 cm³/mol. The lowest BCUT2D eigenvalue weighted by Crippen LogP contribution is -2.40. The SMILES string of the molecule is COc1cc([N+](=O)[O-])ccc1N1C(=O)[C@@H]2[C@@H]3C=C[C@H]([C@@H]4C[C@H]34)[C@@H]2C1=O. The smallest absolute Gasteiger partial charge is 0.273 e. The summed E-state index contributed by atoms with van der Waals surface area (Å²) in [5.74, 6) is 0.519. The van der Waals surface area contributed by atoms with Crippen molar-refractivity contribution < 1.29 is 19.2 Å². The van der Waals surface area contributed by atoms with Gasteiger partial charge < -0.3 is 4.74 Å². The number of ether oxygens (including phenoxy) is 1. The van der Waals surface area contributed by atoms with Crippen molar-refractivity contribution in [1.29, 1.82) is 0 Å². The number of nitro groups is 1. The van der Waals surface area contributed by atoms with Gasteiger partial charge in [-0.3, -0.25) is 19.7 Å². The van der Waals surface area contributed by atoms with Crippen molar-refractivity contribution in [3.05, 3.63) is 40.5 Å². The maximum absolute atomic E-state index is 13.1. The number of rotatable bonds is 3. The zero-order chi connectivity index (χ0) is 17.5. The van der Waals surface area contributed by atoms with Crippen molar-refractivity contribution >= 4 is 23.2 Å². The Labute approximate surface area is 143 Å². The molecule has 0 radical (unpaired) electrons. The largest absolute Gasteiger partial charge is 0.494 e. The minimum atomic E-state index is -0.530. The molecule has 6 rings (SSSR count). The molecule has 1 aromatic carbocycles. The van der Waals surface area contributed by atoms with Crippen LogP contribution in [-0.2, 0) is 9.59 Å². The van der Waals surface area contributed by atoms with E-state index in [0.29, 0.717) is 17.5 Å². The molecular formula is C18H16N2O5. The molecule has 2 bridgehead atoms.